The number of hydrogen-bond donors (Lipinski definition) is 2. The highest BCUT2D eigenvalue weighted by Crippen LogP contribution is 2.39. The molecule has 1 saturated carbocycles. The van der Waals surface area contributed by atoms with Gasteiger partial charge in [-0.25, -0.2) is 19.6 Å². The van der Waals surface area contributed by atoms with Gasteiger partial charge in [0.05, 0.1) is 29.3 Å². The Balaban J connectivity index is 1.32. The summed E-state index contributed by atoms with van der Waals surface area (Å²) in [5.74, 6) is 2.26. The molecule has 0 unspecified atom stereocenters. The summed E-state index contributed by atoms with van der Waals surface area (Å²) in [5.41, 5.74) is 6.14. The Morgan fingerprint density at radius 1 is 1.13 bits per heavy atom. The van der Waals surface area contributed by atoms with Gasteiger partial charge in [-0.3, -0.25) is 0 Å². The summed E-state index contributed by atoms with van der Waals surface area (Å²) in [4.78, 5) is 20.3. The van der Waals surface area contributed by atoms with Gasteiger partial charge in [-0.15, -0.1) is 0 Å². The second kappa shape index (κ2) is 7.30. The molecular formula is C23H28N8. The number of aryl methyl sites for hydroxylation is 1. The lowest BCUT2D eigenvalue weighted by molar-refractivity contribution is 0.215. The summed E-state index contributed by atoms with van der Waals surface area (Å²) >= 11 is 0. The van der Waals surface area contributed by atoms with Crippen molar-refractivity contribution in [3.05, 3.63) is 41.5 Å². The fraction of sp³-hybridized carbons (Fsp3) is 0.478. The zero-order valence-corrected chi connectivity index (χ0v) is 18.1. The second-order valence-corrected chi connectivity index (χ2v) is 9.13. The van der Waals surface area contributed by atoms with Crippen molar-refractivity contribution in [3.8, 4) is 0 Å². The van der Waals surface area contributed by atoms with E-state index in [0.717, 1.165) is 65.5 Å². The van der Waals surface area contributed by atoms with Crippen molar-refractivity contribution in [1.82, 2.24) is 34.6 Å². The summed E-state index contributed by atoms with van der Waals surface area (Å²) in [7, 11) is 2.18. The topological polar surface area (TPSA) is 87.5 Å². The minimum Gasteiger partial charge on any atom is -0.360 e. The Kier molecular flexibility index (Phi) is 4.41. The van der Waals surface area contributed by atoms with E-state index in [2.05, 4.69) is 52.1 Å². The predicted molar refractivity (Wildman–Crippen MR) is 121 cm³/mol. The van der Waals surface area contributed by atoms with Crippen LogP contribution in [0.5, 0.6) is 0 Å². The number of H-pyrrole nitrogens is 1. The van der Waals surface area contributed by atoms with E-state index in [4.69, 9.17) is 20.1 Å². The molecular weight excluding hydrogens is 388 g/mol. The normalized spacial score (nSPS) is 18.3. The Hall–Kier alpha value is -3.00. The van der Waals surface area contributed by atoms with E-state index < -0.39 is 0 Å². The number of nitrogens with one attached hydrogen (secondary N) is 2. The van der Waals surface area contributed by atoms with Crippen molar-refractivity contribution in [3.63, 3.8) is 0 Å². The van der Waals surface area contributed by atoms with Gasteiger partial charge in [0.1, 0.15) is 5.82 Å². The average molecular weight is 417 g/mol. The molecule has 1 saturated heterocycles. The smallest absolute Gasteiger partial charge is 0.179 e. The number of fused-ring (bicyclic) bond motifs is 2. The third-order valence-electron chi connectivity index (χ3n) is 6.56. The second-order valence-electron chi connectivity index (χ2n) is 9.13. The quantitative estimate of drug-likeness (QED) is 0.515. The van der Waals surface area contributed by atoms with Gasteiger partial charge in [0.15, 0.2) is 17.0 Å². The van der Waals surface area contributed by atoms with Crippen molar-refractivity contribution in [2.45, 2.75) is 51.1 Å². The van der Waals surface area contributed by atoms with Crippen LogP contribution in [0.1, 0.15) is 54.7 Å². The molecule has 160 valence electrons. The van der Waals surface area contributed by atoms with Gasteiger partial charge in [-0.2, -0.15) is 5.10 Å². The van der Waals surface area contributed by atoms with Crippen molar-refractivity contribution >= 4 is 28.0 Å². The number of aromatic amines is 1. The largest absolute Gasteiger partial charge is 0.360 e. The number of rotatable bonds is 5. The van der Waals surface area contributed by atoms with Crippen molar-refractivity contribution in [2.75, 3.05) is 25.5 Å². The van der Waals surface area contributed by atoms with Gasteiger partial charge in [-0.1, -0.05) is 6.07 Å². The number of nitrogens with zero attached hydrogens (tertiary/aromatic N) is 6. The molecule has 1 aliphatic heterocycles. The molecule has 2 aliphatic rings. The van der Waals surface area contributed by atoms with Crippen LogP contribution in [0.15, 0.2) is 24.4 Å². The third-order valence-corrected chi connectivity index (χ3v) is 6.56. The summed E-state index contributed by atoms with van der Waals surface area (Å²) < 4.78 is 2.13. The van der Waals surface area contributed by atoms with E-state index in [-0.39, 0.29) is 0 Å². The lowest BCUT2D eigenvalue weighted by atomic mass is 10.1. The van der Waals surface area contributed by atoms with Crippen LogP contribution in [0.4, 0.5) is 5.82 Å². The maximum Gasteiger partial charge on any atom is 0.179 e. The van der Waals surface area contributed by atoms with Crippen molar-refractivity contribution in [2.24, 2.45) is 0 Å². The van der Waals surface area contributed by atoms with Gasteiger partial charge < -0.3 is 15.2 Å². The number of hydrogen-bond acceptors (Lipinski definition) is 6. The molecule has 2 fully saturated rings. The zero-order valence-electron chi connectivity index (χ0n) is 18.1. The van der Waals surface area contributed by atoms with Crippen LogP contribution < -0.4 is 5.32 Å². The van der Waals surface area contributed by atoms with Crippen molar-refractivity contribution in [1.29, 1.82) is 0 Å². The van der Waals surface area contributed by atoms with Crippen LogP contribution in [0, 0.1) is 6.92 Å². The first kappa shape index (κ1) is 18.7. The number of imidazole rings is 1. The Bertz CT molecular complexity index is 1240. The SMILES string of the molecule is Cc1ccc2[nH]c(CNc3nn(C4CCN(C)CC4)c4nc(C5CC5)cnc34)nc2c1. The van der Waals surface area contributed by atoms with Crippen LogP contribution in [0.25, 0.3) is 22.2 Å². The monoisotopic (exact) mass is 416 g/mol. The van der Waals surface area contributed by atoms with E-state index in [1.54, 1.807) is 0 Å². The molecule has 4 aromatic rings. The summed E-state index contributed by atoms with van der Waals surface area (Å²) in [6, 6.07) is 6.65. The van der Waals surface area contributed by atoms with E-state index in [1.165, 1.54) is 18.4 Å². The lowest BCUT2D eigenvalue weighted by Crippen LogP contribution is -2.32. The van der Waals surface area contributed by atoms with Gasteiger partial charge in [0.2, 0.25) is 0 Å². The standard InChI is InChI=1S/C23H28N8/c1-14-3-6-17-18(11-14)27-20(26-17)13-25-22-21-23(28-19(12-24-21)15-4-5-15)31(29-22)16-7-9-30(2)10-8-16/h3,6,11-12,15-16H,4-5,7-10,13H2,1-2H3,(H,25,29)(H,26,27). The summed E-state index contributed by atoms with van der Waals surface area (Å²) in [6.07, 6.45) is 6.56. The number of benzene rings is 1. The Labute approximate surface area is 181 Å². The van der Waals surface area contributed by atoms with Gasteiger partial charge in [-0.05, 0) is 70.4 Å². The van der Waals surface area contributed by atoms with Crippen LogP contribution in [-0.4, -0.2) is 54.8 Å². The highest BCUT2D eigenvalue weighted by Gasteiger charge is 2.28. The molecule has 8 nitrogen and oxygen atoms in total. The predicted octanol–water partition coefficient (Wildman–Crippen LogP) is 3.77. The first-order chi connectivity index (χ1) is 15.1. The number of aromatic nitrogens is 6. The van der Waals surface area contributed by atoms with Crippen LogP contribution in [0.2, 0.25) is 0 Å². The minimum absolute atomic E-state index is 0.368. The molecule has 1 aromatic carbocycles. The summed E-state index contributed by atoms with van der Waals surface area (Å²) in [6.45, 7) is 4.83. The fourth-order valence-corrected chi connectivity index (χ4v) is 4.53. The molecule has 31 heavy (non-hydrogen) atoms. The Morgan fingerprint density at radius 2 is 1.97 bits per heavy atom. The van der Waals surface area contributed by atoms with Gasteiger partial charge >= 0.3 is 0 Å². The van der Waals surface area contributed by atoms with E-state index >= 15 is 0 Å². The van der Waals surface area contributed by atoms with Gasteiger partial charge in [0.25, 0.3) is 0 Å². The van der Waals surface area contributed by atoms with Crippen LogP contribution >= 0.6 is 0 Å². The first-order valence-corrected chi connectivity index (χ1v) is 11.3. The molecule has 4 heterocycles. The maximum absolute atomic E-state index is 5.01. The third kappa shape index (κ3) is 3.54. The minimum atomic E-state index is 0.368. The molecule has 0 atom stereocenters. The number of anilines is 1. The lowest BCUT2D eigenvalue weighted by Gasteiger charge is -2.29. The molecule has 2 N–H and O–H groups in total. The average Bonchev–Trinajstić information content (AvgIpc) is 3.45. The van der Waals surface area contributed by atoms with E-state index in [9.17, 15) is 0 Å². The Morgan fingerprint density at radius 3 is 2.77 bits per heavy atom. The number of likely N-dealkylation sites (tertiary alicyclic amines) is 1. The molecule has 1 aliphatic carbocycles. The molecule has 8 heteroatoms. The number of piperidine rings is 1. The van der Waals surface area contributed by atoms with E-state index in [1.807, 2.05) is 6.20 Å². The van der Waals surface area contributed by atoms with Crippen LogP contribution in [-0.2, 0) is 6.54 Å². The first-order valence-electron chi connectivity index (χ1n) is 11.3. The maximum atomic E-state index is 5.01. The van der Waals surface area contributed by atoms with Gasteiger partial charge in [0, 0.05) is 12.1 Å². The molecule has 0 spiro atoms. The molecule has 6 rings (SSSR count). The summed E-state index contributed by atoms with van der Waals surface area (Å²) in [5, 5.41) is 8.44. The molecule has 3 aromatic heterocycles. The zero-order chi connectivity index (χ0) is 20.9. The molecule has 0 bridgehead atoms. The molecule has 0 amide bonds. The highest BCUT2D eigenvalue weighted by atomic mass is 15.4. The van der Waals surface area contributed by atoms with E-state index in [0.29, 0.717) is 18.5 Å². The molecule has 0 radical (unpaired) electrons. The van der Waals surface area contributed by atoms with Crippen molar-refractivity contribution < 1.29 is 0 Å². The highest BCUT2D eigenvalue weighted by molar-refractivity contribution is 5.83. The fourth-order valence-electron chi connectivity index (χ4n) is 4.53. The van der Waals surface area contributed by atoms with Crippen LogP contribution in [0.3, 0.4) is 0 Å².